The molecule has 6 nitrogen and oxygen atoms in total. The lowest BCUT2D eigenvalue weighted by atomic mass is 9.76. The van der Waals surface area contributed by atoms with Crippen LogP contribution in [0.15, 0.2) is 53.7 Å². The molecule has 1 fully saturated rings. The van der Waals surface area contributed by atoms with Crippen molar-refractivity contribution in [2.24, 2.45) is 16.9 Å². The van der Waals surface area contributed by atoms with Crippen LogP contribution in [0.25, 0.3) is 11.1 Å². The van der Waals surface area contributed by atoms with E-state index in [1.807, 2.05) is 23.2 Å². The minimum atomic E-state index is -0.0478. The molecule has 4 aliphatic rings. The number of carbonyl (C=O) groups excluding carboxylic acids is 2. The van der Waals surface area contributed by atoms with Gasteiger partial charge in [0.1, 0.15) is 5.75 Å². The second-order valence-corrected chi connectivity index (χ2v) is 10.4. The summed E-state index contributed by atoms with van der Waals surface area (Å²) >= 11 is 0. The third-order valence-electron chi connectivity index (χ3n) is 8.31. The van der Waals surface area contributed by atoms with Crippen LogP contribution in [0.4, 0.5) is 0 Å². The van der Waals surface area contributed by atoms with Crippen molar-refractivity contribution in [2.45, 2.75) is 64.0 Å². The summed E-state index contributed by atoms with van der Waals surface area (Å²) in [6.45, 7) is 0.547. The topological polar surface area (TPSA) is 71.0 Å². The van der Waals surface area contributed by atoms with Gasteiger partial charge in [-0.2, -0.15) is 5.10 Å². The van der Waals surface area contributed by atoms with Gasteiger partial charge in [0.2, 0.25) is 5.91 Å². The molecule has 0 spiro atoms. The van der Waals surface area contributed by atoms with Crippen molar-refractivity contribution in [3.05, 3.63) is 65.2 Å². The van der Waals surface area contributed by atoms with Crippen molar-refractivity contribution in [2.75, 3.05) is 7.11 Å². The highest BCUT2D eigenvalue weighted by atomic mass is 16.5. The van der Waals surface area contributed by atoms with Crippen molar-refractivity contribution >= 4 is 17.5 Å². The fourth-order valence-electron chi connectivity index (χ4n) is 6.33. The molecule has 0 bridgehead atoms. The van der Waals surface area contributed by atoms with Gasteiger partial charge >= 0.3 is 0 Å². The average molecular weight is 484 g/mol. The van der Waals surface area contributed by atoms with E-state index >= 15 is 0 Å². The largest absolute Gasteiger partial charge is 0.496 e. The SMILES string of the molecule is COc1ccc(C2=NN(C3CCCCCC3)C(=O)[C@@H]3CC=CC[C@H]23)cc1-c1ccc2c(c1)CNC2=O. The monoisotopic (exact) mass is 483 g/mol. The molecule has 2 amide bonds. The maximum absolute atomic E-state index is 13.6. The van der Waals surface area contributed by atoms with Gasteiger partial charge in [0.25, 0.3) is 5.91 Å². The lowest BCUT2D eigenvalue weighted by molar-refractivity contribution is -0.140. The first-order valence-corrected chi connectivity index (χ1v) is 13.3. The van der Waals surface area contributed by atoms with E-state index in [9.17, 15) is 9.59 Å². The van der Waals surface area contributed by atoms with Crippen LogP contribution in [0.2, 0.25) is 0 Å². The number of amides is 2. The summed E-state index contributed by atoms with van der Waals surface area (Å²) in [5.74, 6) is 1.00. The Kier molecular flexibility index (Phi) is 6.12. The third kappa shape index (κ3) is 4.02. The molecule has 2 heterocycles. The normalized spacial score (nSPS) is 24.0. The highest BCUT2D eigenvalue weighted by Gasteiger charge is 2.42. The van der Waals surface area contributed by atoms with Gasteiger partial charge in [-0.15, -0.1) is 0 Å². The van der Waals surface area contributed by atoms with Gasteiger partial charge in [-0.25, -0.2) is 5.01 Å². The second-order valence-electron chi connectivity index (χ2n) is 10.4. The predicted molar refractivity (Wildman–Crippen MR) is 140 cm³/mol. The van der Waals surface area contributed by atoms with Gasteiger partial charge in [-0.05, 0) is 72.7 Å². The smallest absolute Gasteiger partial charge is 0.251 e. The molecule has 0 radical (unpaired) electrons. The van der Waals surface area contributed by atoms with Gasteiger partial charge in [-0.3, -0.25) is 9.59 Å². The number of rotatable bonds is 4. The summed E-state index contributed by atoms with van der Waals surface area (Å²) < 4.78 is 5.74. The Morgan fingerprint density at radius 1 is 0.889 bits per heavy atom. The van der Waals surface area contributed by atoms with Gasteiger partial charge in [0.05, 0.1) is 24.8 Å². The number of fused-ring (bicyclic) bond motifs is 2. The van der Waals surface area contributed by atoms with Crippen molar-refractivity contribution in [1.82, 2.24) is 10.3 Å². The zero-order valence-corrected chi connectivity index (χ0v) is 20.8. The first-order chi connectivity index (χ1) is 17.6. The maximum atomic E-state index is 13.6. The molecule has 186 valence electrons. The van der Waals surface area contributed by atoms with Crippen molar-refractivity contribution < 1.29 is 14.3 Å². The third-order valence-corrected chi connectivity index (χ3v) is 8.31. The Bertz CT molecular complexity index is 1260. The van der Waals surface area contributed by atoms with E-state index in [2.05, 4.69) is 35.7 Å². The minimum Gasteiger partial charge on any atom is -0.496 e. The molecule has 6 heteroatoms. The molecule has 1 saturated carbocycles. The van der Waals surface area contributed by atoms with Crippen LogP contribution in [-0.2, 0) is 11.3 Å². The summed E-state index contributed by atoms with van der Waals surface area (Å²) in [5.41, 5.74) is 5.77. The molecular formula is C30H33N3O3. The van der Waals surface area contributed by atoms with Crippen LogP contribution in [0, 0.1) is 11.8 Å². The lowest BCUT2D eigenvalue weighted by Crippen LogP contribution is -2.49. The Hall–Kier alpha value is -3.41. The minimum absolute atomic E-state index is 0.0199. The first-order valence-electron chi connectivity index (χ1n) is 13.3. The lowest BCUT2D eigenvalue weighted by Gasteiger charge is -2.40. The number of methoxy groups -OCH3 is 1. The van der Waals surface area contributed by atoms with E-state index in [4.69, 9.17) is 9.84 Å². The molecule has 0 unspecified atom stereocenters. The van der Waals surface area contributed by atoms with E-state index in [1.54, 1.807) is 7.11 Å². The summed E-state index contributed by atoms with van der Waals surface area (Å²) in [7, 11) is 1.68. The first kappa shape index (κ1) is 23.0. The van der Waals surface area contributed by atoms with Crippen LogP contribution in [0.5, 0.6) is 5.75 Å². The number of hydrogen-bond donors (Lipinski definition) is 1. The van der Waals surface area contributed by atoms with Crippen molar-refractivity contribution in [3.8, 4) is 16.9 Å². The standard InChI is InChI=1S/C30H33N3O3/c1-36-27-15-13-20(17-26(27)19-12-14-23-21(16-19)18-31-29(23)34)28-24-10-6-7-11-25(24)30(35)33(32-28)22-8-4-2-3-5-9-22/h6-7,12-17,22,24-25H,2-5,8-11,18H2,1H3,(H,31,34)/t24-,25+/m0/s1. The number of benzene rings is 2. The van der Waals surface area contributed by atoms with Gasteiger partial charge in [0, 0.05) is 23.6 Å². The number of nitrogens with one attached hydrogen (secondary N) is 1. The van der Waals surface area contributed by atoms with Crippen molar-refractivity contribution in [1.29, 1.82) is 0 Å². The predicted octanol–water partition coefficient (Wildman–Crippen LogP) is 5.46. The number of hydrogen-bond acceptors (Lipinski definition) is 4. The van der Waals surface area contributed by atoms with Crippen LogP contribution in [0.1, 0.15) is 72.9 Å². The molecule has 2 atom stereocenters. The Labute approximate surface area is 212 Å². The van der Waals surface area contributed by atoms with E-state index < -0.39 is 0 Å². The second kappa shape index (κ2) is 9.57. The van der Waals surface area contributed by atoms with Crippen LogP contribution < -0.4 is 10.1 Å². The number of hydrazone groups is 1. The Balaban J connectivity index is 1.43. The fraction of sp³-hybridized carbons (Fsp3) is 0.433. The van der Waals surface area contributed by atoms with Crippen molar-refractivity contribution in [3.63, 3.8) is 0 Å². The molecule has 2 aromatic rings. The Morgan fingerprint density at radius 3 is 2.42 bits per heavy atom. The molecular weight excluding hydrogens is 450 g/mol. The molecule has 6 rings (SSSR count). The van der Waals surface area contributed by atoms with E-state index in [1.165, 1.54) is 12.8 Å². The highest BCUT2D eigenvalue weighted by molar-refractivity contribution is 6.08. The summed E-state index contributed by atoms with van der Waals surface area (Å²) in [6, 6.07) is 12.4. The van der Waals surface area contributed by atoms with Crippen LogP contribution >= 0.6 is 0 Å². The summed E-state index contributed by atoms with van der Waals surface area (Å²) in [5, 5.41) is 9.87. The molecule has 2 aliphatic carbocycles. The van der Waals surface area contributed by atoms with Crippen LogP contribution in [0.3, 0.4) is 0 Å². The molecule has 0 saturated heterocycles. The number of allylic oxidation sites excluding steroid dienone is 2. The quantitative estimate of drug-likeness (QED) is 0.464. The zero-order valence-electron chi connectivity index (χ0n) is 20.8. The fourth-order valence-corrected chi connectivity index (χ4v) is 6.33. The number of nitrogens with zero attached hydrogens (tertiary/aromatic N) is 2. The molecule has 36 heavy (non-hydrogen) atoms. The zero-order chi connectivity index (χ0) is 24.6. The van der Waals surface area contributed by atoms with E-state index in [0.29, 0.717) is 6.54 Å². The summed E-state index contributed by atoms with van der Waals surface area (Å²) in [4.78, 5) is 25.7. The maximum Gasteiger partial charge on any atom is 0.251 e. The molecule has 2 aromatic carbocycles. The number of ether oxygens (including phenoxy) is 1. The average Bonchev–Trinajstić information content (AvgIpc) is 3.10. The van der Waals surface area contributed by atoms with E-state index in [-0.39, 0.29) is 29.7 Å². The molecule has 2 aliphatic heterocycles. The van der Waals surface area contributed by atoms with Gasteiger partial charge < -0.3 is 10.1 Å². The summed E-state index contributed by atoms with van der Waals surface area (Å²) in [6.07, 6.45) is 12.8. The Morgan fingerprint density at radius 2 is 1.64 bits per heavy atom. The van der Waals surface area contributed by atoms with Gasteiger partial charge in [0.15, 0.2) is 0 Å². The number of carbonyl (C=O) groups is 2. The van der Waals surface area contributed by atoms with E-state index in [0.717, 1.165) is 77.8 Å². The van der Waals surface area contributed by atoms with Gasteiger partial charge in [-0.1, -0.05) is 43.9 Å². The molecule has 0 aromatic heterocycles. The van der Waals surface area contributed by atoms with Crippen LogP contribution in [-0.4, -0.2) is 35.7 Å². The molecule has 1 N–H and O–H groups in total. The highest BCUT2D eigenvalue weighted by Crippen LogP contribution is 2.39.